The summed E-state index contributed by atoms with van der Waals surface area (Å²) in [6, 6.07) is 4.00. The van der Waals surface area contributed by atoms with Crippen LogP contribution in [0.25, 0.3) is 0 Å². The van der Waals surface area contributed by atoms with Crippen LogP contribution >= 0.6 is 11.6 Å². The molecule has 1 fully saturated rings. The normalized spacial score (nSPS) is 35.7. The Labute approximate surface area is 77.7 Å². The minimum Gasteiger partial charge on any atom is -0.469 e. The molecule has 3 atom stereocenters. The molecule has 1 heterocycles. The topological polar surface area (TPSA) is 13.1 Å². The predicted octanol–water partition coefficient (Wildman–Crippen LogP) is 3.40. The van der Waals surface area contributed by atoms with Crippen molar-refractivity contribution < 1.29 is 4.42 Å². The molecule has 0 N–H and O–H groups in total. The van der Waals surface area contributed by atoms with Crippen molar-refractivity contribution in [2.45, 2.75) is 31.1 Å². The molecule has 12 heavy (non-hydrogen) atoms. The summed E-state index contributed by atoms with van der Waals surface area (Å²) in [7, 11) is 0. The van der Waals surface area contributed by atoms with Crippen LogP contribution in [0.1, 0.15) is 31.4 Å². The zero-order valence-corrected chi connectivity index (χ0v) is 7.92. The fourth-order valence-corrected chi connectivity index (χ4v) is 2.32. The van der Waals surface area contributed by atoms with Gasteiger partial charge in [0.05, 0.1) is 6.26 Å². The average molecular weight is 185 g/mol. The lowest BCUT2D eigenvalue weighted by atomic mass is 9.95. The van der Waals surface area contributed by atoms with Gasteiger partial charge in [0.15, 0.2) is 0 Å². The second-order valence-corrected chi connectivity index (χ2v) is 4.13. The van der Waals surface area contributed by atoms with Crippen LogP contribution in [0.4, 0.5) is 0 Å². The van der Waals surface area contributed by atoms with Crippen molar-refractivity contribution in [2.24, 2.45) is 5.92 Å². The molecule has 1 aliphatic rings. The number of alkyl halides is 1. The van der Waals surface area contributed by atoms with Crippen LogP contribution in [0.2, 0.25) is 0 Å². The lowest BCUT2D eigenvalue weighted by molar-refractivity contribution is 0.416. The van der Waals surface area contributed by atoms with Gasteiger partial charge in [-0.15, -0.1) is 11.6 Å². The van der Waals surface area contributed by atoms with Crippen molar-refractivity contribution in [2.75, 3.05) is 0 Å². The first kappa shape index (κ1) is 8.18. The standard InChI is InChI=1S/C10H13ClO/c1-7-8(4-5-9(7)11)10-3-2-6-12-10/h2-3,6-9H,4-5H2,1H3. The highest BCUT2D eigenvalue weighted by Crippen LogP contribution is 2.42. The molecule has 66 valence electrons. The quantitative estimate of drug-likeness (QED) is 0.610. The number of furan rings is 1. The van der Waals surface area contributed by atoms with Gasteiger partial charge >= 0.3 is 0 Å². The van der Waals surface area contributed by atoms with Gasteiger partial charge in [-0.1, -0.05) is 6.92 Å². The van der Waals surface area contributed by atoms with E-state index in [0.717, 1.165) is 12.2 Å². The first-order valence-corrected chi connectivity index (χ1v) is 4.90. The van der Waals surface area contributed by atoms with Gasteiger partial charge in [0.2, 0.25) is 0 Å². The summed E-state index contributed by atoms with van der Waals surface area (Å²) in [5, 5.41) is 0.333. The lowest BCUT2D eigenvalue weighted by Crippen LogP contribution is -2.08. The summed E-state index contributed by atoms with van der Waals surface area (Å²) in [6.07, 6.45) is 4.03. The van der Waals surface area contributed by atoms with Crippen molar-refractivity contribution in [3.05, 3.63) is 24.2 Å². The van der Waals surface area contributed by atoms with Gasteiger partial charge in [0.25, 0.3) is 0 Å². The lowest BCUT2D eigenvalue weighted by Gasteiger charge is -2.13. The van der Waals surface area contributed by atoms with E-state index < -0.39 is 0 Å². The first-order chi connectivity index (χ1) is 5.79. The molecule has 0 aliphatic heterocycles. The Morgan fingerprint density at radius 3 is 2.83 bits per heavy atom. The second-order valence-electron chi connectivity index (χ2n) is 3.57. The molecular formula is C10H13ClO. The molecular weight excluding hydrogens is 172 g/mol. The van der Waals surface area contributed by atoms with E-state index in [9.17, 15) is 0 Å². The molecule has 0 bridgehead atoms. The monoisotopic (exact) mass is 184 g/mol. The summed E-state index contributed by atoms with van der Waals surface area (Å²) in [5.41, 5.74) is 0. The molecule has 2 heteroatoms. The molecule has 0 saturated heterocycles. The number of halogens is 1. The van der Waals surface area contributed by atoms with Crippen LogP contribution in [0.5, 0.6) is 0 Å². The zero-order valence-electron chi connectivity index (χ0n) is 7.16. The smallest absolute Gasteiger partial charge is 0.107 e. The third-order valence-corrected chi connectivity index (χ3v) is 3.48. The van der Waals surface area contributed by atoms with E-state index in [-0.39, 0.29) is 0 Å². The highest BCUT2D eigenvalue weighted by Gasteiger charge is 2.33. The van der Waals surface area contributed by atoms with Crippen molar-refractivity contribution in [3.8, 4) is 0 Å². The molecule has 0 spiro atoms. The SMILES string of the molecule is CC1C(Cl)CCC1c1ccco1. The molecule has 0 aromatic carbocycles. The minimum atomic E-state index is 0.333. The van der Waals surface area contributed by atoms with Gasteiger partial charge in [0.1, 0.15) is 5.76 Å². The van der Waals surface area contributed by atoms with Gasteiger partial charge in [-0.25, -0.2) is 0 Å². The van der Waals surface area contributed by atoms with E-state index in [1.807, 2.05) is 6.07 Å². The Morgan fingerprint density at radius 1 is 1.50 bits per heavy atom. The predicted molar refractivity (Wildman–Crippen MR) is 49.5 cm³/mol. The van der Waals surface area contributed by atoms with Gasteiger partial charge < -0.3 is 4.42 Å². The fourth-order valence-electron chi connectivity index (χ4n) is 2.02. The summed E-state index contributed by atoms with van der Waals surface area (Å²) < 4.78 is 5.38. The van der Waals surface area contributed by atoms with Crippen molar-refractivity contribution in [1.82, 2.24) is 0 Å². The molecule has 1 aromatic heterocycles. The van der Waals surface area contributed by atoms with E-state index in [1.165, 1.54) is 6.42 Å². The first-order valence-electron chi connectivity index (χ1n) is 4.46. The van der Waals surface area contributed by atoms with Crippen LogP contribution in [0.3, 0.4) is 0 Å². The average Bonchev–Trinajstić information content (AvgIpc) is 2.64. The molecule has 0 radical (unpaired) electrons. The van der Waals surface area contributed by atoms with Gasteiger partial charge in [-0.3, -0.25) is 0 Å². The zero-order chi connectivity index (χ0) is 8.55. The molecule has 1 aromatic rings. The van der Waals surface area contributed by atoms with Crippen LogP contribution < -0.4 is 0 Å². The van der Waals surface area contributed by atoms with Crippen molar-refractivity contribution >= 4 is 11.6 Å². The minimum absolute atomic E-state index is 0.333. The molecule has 2 rings (SSSR count). The highest BCUT2D eigenvalue weighted by molar-refractivity contribution is 6.21. The number of hydrogen-bond acceptors (Lipinski definition) is 1. The molecule has 1 aliphatic carbocycles. The Balaban J connectivity index is 2.16. The summed E-state index contributed by atoms with van der Waals surface area (Å²) in [6.45, 7) is 2.21. The van der Waals surface area contributed by atoms with Crippen LogP contribution in [0, 0.1) is 5.92 Å². The molecule has 1 saturated carbocycles. The van der Waals surface area contributed by atoms with E-state index in [0.29, 0.717) is 17.2 Å². The van der Waals surface area contributed by atoms with E-state index in [4.69, 9.17) is 16.0 Å². The summed E-state index contributed by atoms with van der Waals surface area (Å²) >= 11 is 6.13. The summed E-state index contributed by atoms with van der Waals surface area (Å²) in [5.74, 6) is 2.20. The maximum Gasteiger partial charge on any atom is 0.107 e. The Kier molecular flexibility index (Phi) is 2.14. The van der Waals surface area contributed by atoms with Crippen molar-refractivity contribution in [1.29, 1.82) is 0 Å². The third-order valence-electron chi connectivity index (χ3n) is 2.87. The Bertz CT molecular complexity index is 242. The maximum absolute atomic E-state index is 6.13. The van der Waals surface area contributed by atoms with E-state index >= 15 is 0 Å². The van der Waals surface area contributed by atoms with Gasteiger partial charge in [-0.2, -0.15) is 0 Å². The van der Waals surface area contributed by atoms with E-state index in [2.05, 4.69) is 13.0 Å². The van der Waals surface area contributed by atoms with Crippen molar-refractivity contribution in [3.63, 3.8) is 0 Å². The fraction of sp³-hybridized carbons (Fsp3) is 0.600. The van der Waals surface area contributed by atoms with Crippen LogP contribution in [-0.2, 0) is 0 Å². The number of rotatable bonds is 1. The number of hydrogen-bond donors (Lipinski definition) is 0. The Hall–Kier alpha value is -0.430. The maximum atomic E-state index is 6.13. The Morgan fingerprint density at radius 2 is 2.33 bits per heavy atom. The highest BCUT2D eigenvalue weighted by atomic mass is 35.5. The molecule has 3 unspecified atom stereocenters. The van der Waals surface area contributed by atoms with Gasteiger partial charge in [0, 0.05) is 11.3 Å². The third kappa shape index (κ3) is 1.27. The van der Waals surface area contributed by atoms with Crippen LogP contribution in [-0.4, -0.2) is 5.38 Å². The van der Waals surface area contributed by atoms with E-state index in [1.54, 1.807) is 6.26 Å². The second kappa shape index (κ2) is 3.14. The van der Waals surface area contributed by atoms with Crippen LogP contribution in [0.15, 0.2) is 22.8 Å². The molecule has 0 amide bonds. The van der Waals surface area contributed by atoms with Gasteiger partial charge in [-0.05, 0) is 30.9 Å². The largest absolute Gasteiger partial charge is 0.469 e. The summed E-state index contributed by atoms with van der Waals surface area (Å²) in [4.78, 5) is 0. The molecule has 1 nitrogen and oxygen atoms in total.